The standard InChI is InChI=1S/C16H9BrClFN2O/c17-10-7-21-14(6-12(10)19)20-15-13(22)5-9(16(15)21)8-3-1-2-4-11(8)18/h1-4,6-7,9H,5H2. The largest absolute Gasteiger partial charge is 0.301 e. The Labute approximate surface area is 138 Å². The maximum atomic E-state index is 13.7. The minimum atomic E-state index is -0.405. The molecule has 1 unspecified atom stereocenters. The van der Waals surface area contributed by atoms with Crippen LogP contribution in [0.5, 0.6) is 0 Å². The Balaban J connectivity index is 2.00. The van der Waals surface area contributed by atoms with Crippen LogP contribution >= 0.6 is 27.5 Å². The number of carbonyl (C=O) groups excluding carboxylic acids is 1. The zero-order valence-corrected chi connectivity index (χ0v) is 13.5. The Morgan fingerprint density at radius 3 is 2.91 bits per heavy atom. The zero-order chi connectivity index (χ0) is 15.4. The van der Waals surface area contributed by atoms with Crippen LogP contribution in [0.1, 0.15) is 34.1 Å². The number of carbonyl (C=O) groups is 1. The molecule has 0 aliphatic heterocycles. The van der Waals surface area contributed by atoms with Crippen molar-refractivity contribution in [3.8, 4) is 0 Å². The Bertz CT molecular complexity index is 937. The molecule has 1 aromatic carbocycles. The molecule has 1 aliphatic carbocycles. The van der Waals surface area contributed by atoms with Gasteiger partial charge < -0.3 is 4.40 Å². The van der Waals surface area contributed by atoms with E-state index in [-0.39, 0.29) is 11.7 Å². The van der Waals surface area contributed by atoms with Gasteiger partial charge in [-0.25, -0.2) is 9.37 Å². The van der Waals surface area contributed by atoms with E-state index in [9.17, 15) is 9.18 Å². The number of nitrogens with zero attached hydrogens (tertiary/aromatic N) is 2. The molecule has 0 N–H and O–H groups in total. The van der Waals surface area contributed by atoms with Crippen LogP contribution < -0.4 is 0 Å². The highest BCUT2D eigenvalue weighted by atomic mass is 79.9. The number of aromatic nitrogens is 2. The minimum absolute atomic E-state index is 0.0415. The summed E-state index contributed by atoms with van der Waals surface area (Å²) in [5.41, 5.74) is 2.49. The number of fused-ring (bicyclic) bond motifs is 3. The van der Waals surface area contributed by atoms with Gasteiger partial charge in [0.05, 0.1) is 10.2 Å². The number of Topliss-reactive ketones (excluding diaryl/α,β-unsaturated/α-hetero) is 1. The van der Waals surface area contributed by atoms with Crippen molar-refractivity contribution in [2.45, 2.75) is 12.3 Å². The number of pyridine rings is 1. The van der Waals surface area contributed by atoms with Gasteiger partial charge >= 0.3 is 0 Å². The van der Waals surface area contributed by atoms with Crippen LogP contribution in [0, 0.1) is 5.82 Å². The highest BCUT2D eigenvalue weighted by Crippen LogP contribution is 2.41. The third-order valence-electron chi connectivity index (χ3n) is 3.97. The van der Waals surface area contributed by atoms with Crippen molar-refractivity contribution >= 4 is 39.0 Å². The second-order valence-corrected chi connectivity index (χ2v) is 6.51. The van der Waals surface area contributed by atoms with Crippen LogP contribution in [0.4, 0.5) is 4.39 Å². The summed E-state index contributed by atoms with van der Waals surface area (Å²) in [6, 6.07) is 8.78. The molecule has 0 radical (unpaired) electrons. The second-order valence-electron chi connectivity index (χ2n) is 5.24. The molecule has 0 saturated heterocycles. The maximum absolute atomic E-state index is 13.7. The van der Waals surface area contributed by atoms with E-state index < -0.39 is 5.82 Å². The van der Waals surface area contributed by atoms with Crippen molar-refractivity contribution in [3.63, 3.8) is 0 Å². The summed E-state index contributed by atoms with van der Waals surface area (Å²) in [5, 5.41) is 0.615. The number of hydrogen-bond acceptors (Lipinski definition) is 2. The smallest absolute Gasteiger partial charge is 0.184 e. The van der Waals surface area contributed by atoms with E-state index in [1.54, 1.807) is 16.7 Å². The molecule has 1 atom stereocenters. The fraction of sp³-hybridized carbons (Fsp3) is 0.125. The van der Waals surface area contributed by atoms with E-state index >= 15 is 0 Å². The van der Waals surface area contributed by atoms with Crippen molar-refractivity contribution < 1.29 is 9.18 Å². The normalized spacial score (nSPS) is 17.2. The highest BCUT2D eigenvalue weighted by Gasteiger charge is 2.36. The molecule has 4 rings (SSSR count). The van der Waals surface area contributed by atoms with Gasteiger partial charge in [-0.3, -0.25) is 4.79 Å². The van der Waals surface area contributed by atoms with Crippen LogP contribution in [0.2, 0.25) is 5.02 Å². The molecule has 2 heterocycles. The predicted molar refractivity (Wildman–Crippen MR) is 85.1 cm³/mol. The predicted octanol–water partition coefficient (Wildman–Crippen LogP) is 4.61. The summed E-state index contributed by atoms with van der Waals surface area (Å²) in [4.78, 5) is 16.6. The molecule has 2 aromatic heterocycles. The lowest BCUT2D eigenvalue weighted by atomic mass is 9.96. The van der Waals surface area contributed by atoms with Gasteiger partial charge in [-0.2, -0.15) is 0 Å². The van der Waals surface area contributed by atoms with Gasteiger partial charge in [0.2, 0.25) is 0 Å². The molecule has 22 heavy (non-hydrogen) atoms. The molecule has 0 fully saturated rings. The van der Waals surface area contributed by atoms with E-state index in [1.807, 2.05) is 18.2 Å². The molecule has 1 aliphatic rings. The summed E-state index contributed by atoms with van der Waals surface area (Å²) in [5.74, 6) is -0.610. The molecule has 6 heteroatoms. The van der Waals surface area contributed by atoms with Crippen molar-refractivity contribution in [3.05, 3.63) is 68.8 Å². The van der Waals surface area contributed by atoms with Crippen molar-refractivity contribution in [2.75, 3.05) is 0 Å². The summed E-state index contributed by atoms with van der Waals surface area (Å²) < 4.78 is 15.8. The zero-order valence-electron chi connectivity index (χ0n) is 11.2. The lowest BCUT2D eigenvalue weighted by Crippen LogP contribution is -2.03. The first-order valence-electron chi connectivity index (χ1n) is 6.71. The van der Waals surface area contributed by atoms with E-state index in [1.165, 1.54) is 6.07 Å². The van der Waals surface area contributed by atoms with E-state index in [2.05, 4.69) is 20.9 Å². The molecule has 0 spiro atoms. The first-order chi connectivity index (χ1) is 10.6. The Kier molecular flexibility index (Phi) is 3.09. The molecule has 3 nitrogen and oxygen atoms in total. The molecular weight excluding hydrogens is 371 g/mol. The van der Waals surface area contributed by atoms with Crippen LogP contribution in [-0.4, -0.2) is 15.2 Å². The molecule has 0 amide bonds. The minimum Gasteiger partial charge on any atom is -0.301 e. The summed E-state index contributed by atoms with van der Waals surface area (Å²) >= 11 is 9.46. The van der Waals surface area contributed by atoms with Crippen LogP contribution in [0.3, 0.4) is 0 Å². The van der Waals surface area contributed by atoms with Crippen LogP contribution in [0.25, 0.3) is 5.65 Å². The van der Waals surface area contributed by atoms with Crippen molar-refractivity contribution in [1.29, 1.82) is 0 Å². The lowest BCUT2D eigenvalue weighted by Gasteiger charge is -2.13. The van der Waals surface area contributed by atoms with E-state index in [4.69, 9.17) is 11.6 Å². The molecular formula is C16H9BrClFN2O. The van der Waals surface area contributed by atoms with E-state index in [0.717, 1.165) is 11.3 Å². The van der Waals surface area contributed by atoms with Gasteiger partial charge in [-0.1, -0.05) is 29.8 Å². The SMILES string of the molecule is O=C1CC(c2ccccc2Cl)c2c1nc1cc(F)c(Br)cn21. The molecule has 110 valence electrons. The molecule has 3 aromatic rings. The average molecular weight is 380 g/mol. The average Bonchev–Trinajstić information content (AvgIpc) is 2.99. The van der Waals surface area contributed by atoms with Gasteiger partial charge in [0, 0.05) is 29.6 Å². The van der Waals surface area contributed by atoms with Gasteiger partial charge in [0.25, 0.3) is 0 Å². The van der Waals surface area contributed by atoms with Gasteiger partial charge in [0.15, 0.2) is 5.78 Å². The fourth-order valence-corrected chi connectivity index (χ4v) is 3.58. The van der Waals surface area contributed by atoms with Gasteiger partial charge in [0.1, 0.15) is 17.2 Å². The number of hydrogen-bond donors (Lipinski definition) is 0. The number of rotatable bonds is 1. The fourth-order valence-electron chi connectivity index (χ4n) is 2.99. The lowest BCUT2D eigenvalue weighted by molar-refractivity contribution is 0.0987. The van der Waals surface area contributed by atoms with Gasteiger partial charge in [-0.05, 0) is 27.6 Å². The third kappa shape index (κ3) is 1.92. The first-order valence-corrected chi connectivity index (χ1v) is 7.88. The third-order valence-corrected chi connectivity index (χ3v) is 4.89. The summed E-state index contributed by atoms with van der Waals surface area (Å²) in [6.07, 6.45) is 1.94. The molecule has 0 saturated carbocycles. The van der Waals surface area contributed by atoms with Gasteiger partial charge in [-0.15, -0.1) is 0 Å². The van der Waals surface area contributed by atoms with E-state index in [0.29, 0.717) is 27.3 Å². The van der Waals surface area contributed by atoms with Crippen molar-refractivity contribution in [2.24, 2.45) is 0 Å². The Morgan fingerprint density at radius 1 is 1.36 bits per heavy atom. The Morgan fingerprint density at radius 2 is 2.14 bits per heavy atom. The monoisotopic (exact) mass is 378 g/mol. The summed E-state index contributed by atoms with van der Waals surface area (Å²) in [7, 11) is 0. The Hall–Kier alpha value is -1.72. The topological polar surface area (TPSA) is 34.4 Å². The summed E-state index contributed by atoms with van der Waals surface area (Å²) in [6.45, 7) is 0. The highest BCUT2D eigenvalue weighted by molar-refractivity contribution is 9.10. The number of ketones is 1. The molecule has 0 bridgehead atoms. The second kappa shape index (κ2) is 4.89. The first kappa shape index (κ1) is 13.9. The quantitative estimate of drug-likeness (QED) is 0.619. The maximum Gasteiger partial charge on any atom is 0.184 e. The van der Waals surface area contributed by atoms with Crippen molar-refractivity contribution in [1.82, 2.24) is 9.38 Å². The van der Waals surface area contributed by atoms with Crippen LogP contribution in [0.15, 0.2) is 41.0 Å². The number of imidazole rings is 1. The number of benzene rings is 1. The number of halogens is 3. The van der Waals surface area contributed by atoms with Crippen LogP contribution in [-0.2, 0) is 0 Å².